The first-order valence-electron chi connectivity index (χ1n) is 2.63. The largest absolute Gasteiger partial charge is 0.0499 e. The van der Waals surface area contributed by atoms with Gasteiger partial charge in [0, 0.05) is 0 Å². The number of hydrogen-bond donors (Lipinski definition) is 0. The molecule has 0 nitrogen and oxygen atoms in total. The molecule has 0 aliphatic heterocycles. The van der Waals surface area contributed by atoms with E-state index in [9.17, 15) is 0 Å². The van der Waals surface area contributed by atoms with Gasteiger partial charge in [0.05, 0.1) is 0 Å². The van der Waals surface area contributed by atoms with Crippen LogP contribution in [0.2, 0.25) is 0 Å². The molecule has 0 saturated heterocycles. The van der Waals surface area contributed by atoms with Crippen LogP contribution in [0.25, 0.3) is 0 Å². The van der Waals surface area contributed by atoms with Gasteiger partial charge in [0.2, 0.25) is 0 Å². The monoisotopic (exact) mass is 82.1 g/mol. The molecule has 0 heteroatoms. The van der Waals surface area contributed by atoms with Crippen molar-refractivity contribution in [2.45, 2.75) is 25.7 Å². The maximum Gasteiger partial charge on any atom is -0.0386 e. The zero-order valence-corrected chi connectivity index (χ0v) is 3.98. The SMILES string of the molecule is [CH]1CC[CH]CC1. The van der Waals surface area contributed by atoms with E-state index < -0.39 is 0 Å². The fraction of sp³-hybridized carbons (Fsp3) is 0.667. The maximum atomic E-state index is 2.36. The molecule has 0 heterocycles. The minimum absolute atomic E-state index is 1.32. The molecule has 0 atom stereocenters. The molecule has 0 bridgehead atoms. The normalized spacial score (nSPS) is 24.0. The Morgan fingerprint density at radius 2 is 1.00 bits per heavy atom. The number of hydrogen-bond acceptors (Lipinski definition) is 0. The van der Waals surface area contributed by atoms with Gasteiger partial charge in [-0.2, -0.15) is 0 Å². The van der Waals surface area contributed by atoms with E-state index in [1.807, 2.05) is 0 Å². The van der Waals surface area contributed by atoms with E-state index in [1.165, 1.54) is 25.7 Å². The highest BCUT2D eigenvalue weighted by Gasteiger charge is 1.96. The summed E-state index contributed by atoms with van der Waals surface area (Å²) in [5.74, 6) is 0. The molecule has 1 aliphatic carbocycles. The van der Waals surface area contributed by atoms with Crippen molar-refractivity contribution >= 4 is 0 Å². The van der Waals surface area contributed by atoms with E-state index in [2.05, 4.69) is 12.8 Å². The van der Waals surface area contributed by atoms with Crippen LogP contribution in [0.15, 0.2) is 0 Å². The predicted molar refractivity (Wildman–Crippen MR) is 27.1 cm³/mol. The van der Waals surface area contributed by atoms with Crippen molar-refractivity contribution in [3.05, 3.63) is 12.8 Å². The van der Waals surface area contributed by atoms with Crippen LogP contribution in [0.1, 0.15) is 25.7 Å². The Kier molecular flexibility index (Phi) is 1.54. The zero-order valence-electron chi connectivity index (χ0n) is 3.98. The van der Waals surface area contributed by atoms with Gasteiger partial charge in [-0.25, -0.2) is 0 Å². The van der Waals surface area contributed by atoms with Crippen molar-refractivity contribution in [1.29, 1.82) is 0 Å². The Balaban J connectivity index is 2.00. The third-order valence-corrected chi connectivity index (χ3v) is 1.15. The molecular weight excluding hydrogens is 72.1 g/mol. The Hall–Kier alpha value is 0. The quantitative estimate of drug-likeness (QED) is 0.419. The molecule has 0 unspecified atom stereocenters. The van der Waals surface area contributed by atoms with Gasteiger partial charge in [-0.15, -0.1) is 0 Å². The summed E-state index contributed by atoms with van der Waals surface area (Å²) in [5, 5.41) is 0. The van der Waals surface area contributed by atoms with Gasteiger partial charge >= 0.3 is 0 Å². The van der Waals surface area contributed by atoms with Crippen molar-refractivity contribution < 1.29 is 0 Å². The molecule has 0 spiro atoms. The lowest BCUT2D eigenvalue weighted by atomic mass is 10.0. The maximum absolute atomic E-state index is 2.36. The van der Waals surface area contributed by atoms with Crippen molar-refractivity contribution in [3.8, 4) is 0 Å². The predicted octanol–water partition coefficient (Wildman–Crippen LogP) is 1.97. The summed E-state index contributed by atoms with van der Waals surface area (Å²) < 4.78 is 0. The Bertz CT molecular complexity index is 15.5. The van der Waals surface area contributed by atoms with Crippen LogP contribution in [0.4, 0.5) is 0 Å². The summed E-state index contributed by atoms with van der Waals surface area (Å²) >= 11 is 0. The molecule has 34 valence electrons. The minimum Gasteiger partial charge on any atom is -0.0499 e. The van der Waals surface area contributed by atoms with Crippen LogP contribution >= 0.6 is 0 Å². The van der Waals surface area contributed by atoms with Crippen LogP contribution in [0.3, 0.4) is 0 Å². The van der Waals surface area contributed by atoms with Gasteiger partial charge < -0.3 is 0 Å². The average molecular weight is 82.1 g/mol. The molecule has 1 aliphatic rings. The highest BCUT2D eigenvalue weighted by molar-refractivity contribution is 4.80. The molecule has 6 heavy (non-hydrogen) atoms. The van der Waals surface area contributed by atoms with Crippen LogP contribution in [-0.4, -0.2) is 0 Å². The lowest BCUT2D eigenvalue weighted by Crippen LogP contribution is -1.88. The van der Waals surface area contributed by atoms with Gasteiger partial charge in [-0.1, -0.05) is 0 Å². The standard InChI is InChI=1S/C6H10/c1-2-4-6-5-3-1/h1,6H,2-5H2. The van der Waals surface area contributed by atoms with E-state index in [1.54, 1.807) is 0 Å². The first kappa shape index (κ1) is 4.17. The van der Waals surface area contributed by atoms with Crippen LogP contribution < -0.4 is 0 Å². The third kappa shape index (κ3) is 1.00. The van der Waals surface area contributed by atoms with E-state index in [0.29, 0.717) is 0 Å². The first-order chi connectivity index (χ1) is 3.00. The summed E-state index contributed by atoms with van der Waals surface area (Å²) in [6, 6.07) is 0. The number of rotatable bonds is 0. The summed E-state index contributed by atoms with van der Waals surface area (Å²) in [6.07, 6.45) is 10.0. The molecule has 1 fully saturated rings. The molecule has 0 amide bonds. The van der Waals surface area contributed by atoms with E-state index in [0.717, 1.165) is 0 Å². The van der Waals surface area contributed by atoms with E-state index in [-0.39, 0.29) is 0 Å². The molecule has 0 aromatic heterocycles. The fourth-order valence-electron chi connectivity index (χ4n) is 0.760. The van der Waals surface area contributed by atoms with E-state index in [4.69, 9.17) is 0 Å². The second-order valence-electron chi connectivity index (χ2n) is 1.73. The minimum atomic E-state index is 1.32. The van der Waals surface area contributed by atoms with Crippen molar-refractivity contribution in [2.75, 3.05) is 0 Å². The molecule has 1 saturated carbocycles. The Labute approximate surface area is 39.6 Å². The second kappa shape index (κ2) is 2.22. The highest BCUT2D eigenvalue weighted by atomic mass is 14.0. The van der Waals surface area contributed by atoms with Gasteiger partial charge in [-0.3, -0.25) is 0 Å². The summed E-state index contributed by atoms with van der Waals surface area (Å²) in [6.45, 7) is 0. The highest BCUT2D eigenvalue weighted by Crippen LogP contribution is 2.13. The molecule has 0 N–H and O–H groups in total. The van der Waals surface area contributed by atoms with Crippen LogP contribution in [0, 0.1) is 12.8 Å². The van der Waals surface area contributed by atoms with Crippen LogP contribution in [0.5, 0.6) is 0 Å². The summed E-state index contributed by atoms with van der Waals surface area (Å²) in [4.78, 5) is 0. The average Bonchev–Trinajstić information content (AvgIpc) is 1.72. The molecule has 0 aromatic rings. The van der Waals surface area contributed by atoms with Gasteiger partial charge in [-0.05, 0) is 38.5 Å². The smallest absolute Gasteiger partial charge is 0.0386 e. The van der Waals surface area contributed by atoms with Crippen LogP contribution in [-0.2, 0) is 0 Å². The first-order valence-corrected chi connectivity index (χ1v) is 2.63. The molecule has 0 aromatic carbocycles. The zero-order chi connectivity index (χ0) is 4.24. The van der Waals surface area contributed by atoms with Gasteiger partial charge in [0.15, 0.2) is 0 Å². The fourth-order valence-corrected chi connectivity index (χ4v) is 0.760. The topological polar surface area (TPSA) is 0 Å². The molecular formula is C6H10. The van der Waals surface area contributed by atoms with Crippen molar-refractivity contribution in [1.82, 2.24) is 0 Å². The molecule has 1 rings (SSSR count). The Morgan fingerprint density at radius 1 is 0.667 bits per heavy atom. The van der Waals surface area contributed by atoms with Gasteiger partial charge in [0.1, 0.15) is 0 Å². The second-order valence-corrected chi connectivity index (χ2v) is 1.73. The molecule has 2 radical (unpaired) electrons. The van der Waals surface area contributed by atoms with Crippen molar-refractivity contribution in [3.63, 3.8) is 0 Å². The third-order valence-electron chi connectivity index (χ3n) is 1.15. The Morgan fingerprint density at radius 3 is 1.17 bits per heavy atom. The lowest BCUT2D eigenvalue weighted by Gasteiger charge is -2.05. The van der Waals surface area contributed by atoms with E-state index >= 15 is 0 Å². The summed E-state index contributed by atoms with van der Waals surface area (Å²) in [5.41, 5.74) is 0. The van der Waals surface area contributed by atoms with Gasteiger partial charge in [0.25, 0.3) is 0 Å². The van der Waals surface area contributed by atoms with Crippen molar-refractivity contribution in [2.24, 2.45) is 0 Å². The lowest BCUT2D eigenvalue weighted by molar-refractivity contribution is 0.714. The summed E-state index contributed by atoms with van der Waals surface area (Å²) in [7, 11) is 0.